The van der Waals surface area contributed by atoms with Gasteiger partial charge in [0.1, 0.15) is 17.1 Å². The standard InChI is InChI=1S/C21H32NOS.HI/c1-22(2)15-9-14-19(22)20-16-24-21(23-20,17-10-5-3-6-11-17)18-12-7-4-8-13-18;/h3,5-6,10-11,18-20H,4,7-9,12-16H2,1-2H3;1H/q+1;/p-1/t19-,20+,21-;/m1./s1. The Bertz CT molecular complexity index is 560. The van der Waals surface area contributed by atoms with Gasteiger partial charge in [0.15, 0.2) is 0 Å². The van der Waals surface area contributed by atoms with Gasteiger partial charge in [0.2, 0.25) is 0 Å². The quantitative estimate of drug-likeness (QED) is 0.489. The molecule has 4 rings (SSSR count). The fourth-order valence-corrected chi connectivity index (χ4v) is 6.97. The first kappa shape index (κ1) is 20.0. The molecule has 2 saturated heterocycles. The van der Waals surface area contributed by atoms with E-state index in [1.165, 1.54) is 57.1 Å². The maximum atomic E-state index is 7.04. The zero-order valence-electron chi connectivity index (χ0n) is 15.6. The molecule has 0 spiro atoms. The van der Waals surface area contributed by atoms with Gasteiger partial charge in [-0.2, -0.15) is 0 Å². The number of likely N-dealkylation sites (N-methyl/N-ethyl adjacent to an activating group) is 1. The van der Waals surface area contributed by atoms with Crippen LogP contribution in [0.2, 0.25) is 0 Å². The number of rotatable bonds is 3. The molecular formula is C21H32INOS. The number of nitrogens with zero attached hydrogens (tertiary/aromatic N) is 1. The zero-order chi connectivity index (χ0) is 16.6. The third kappa shape index (κ3) is 3.78. The Hall–Kier alpha value is 0.220. The van der Waals surface area contributed by atoms with E-state index in [1.807, 2.05) is 0 Å². The van der Waals surface area contributed by atoms with Gasteiger partial charge in [-0.25, -0.2) is 0 Å². The van der Waals surface area contributed by atoms with Gasteiger partial charge < -0.3 is 33.2 Å². The second kappa shape index (κ2) is 8.07. The predicted octanol–water partition coefficient (Wildman–Crippen LogP) is 1.79. The smallest absolute Gasteiger partial charge is 0.142 e. The van der Waals surface area contributed by atoms with Crippen molar-refractivity contribution in [1.82, 2.24) is 0 Å². The number of benzene rings is 1. The third-order valence-electron chi connectivity index (χ3n) is 6.67. The Morgan fingerprint density at radius 3 is 2.36 bits per heavy atom. The Kier molecular flexibility index (Phi) is 6.45. The predicted molar refractivity (Wildman–Crippen MR) is 102 cm³/mol. The molecule has 1 aromatic carbocycles. The molecule has 3 atom stereocenters. The van der Waals surface area contributed by atoms with E-state index in [-0.39, 0.29) is 28.9 Å². The largest absolute Gasteiger partial charge is 1.00 e. The summed E-state index contributed by atoms with van der Waals surface area (Å²) in [5.41, 5.74) is 1.41. The molecule has 0 N–H and O–H groups in total. The van der Waals surface area contributed by atoms with Crippen molar-refractivity contribution in [2.45, 2.75) is 62.0 Å². The number of quaternary nitrogens is 1. The minimum Gasteiger partial charge on any atom is -1.00 e. The molecule has 0 bridgehead atoms. The van der Waals surface area contributed by atoms with Crippen molar-refractivity contribution in [2.24, 2.45) is 5.92 Å². The topological polar surface area (TPSA) is 9.23 Å². The molecule has 2 heterocycles. The van der Waals surface area contributed by atoms with E-state index in [1.54, 1.807) is 0 Å². The fraction of sp³-hybridized carbons (Fsp3) is 0.714. The van der Waals surface area contributed by atoms with E-state index >= 15 is 0 Å². The Labute approximate surface area is 174 Å². The molecule has 3 fully saturated rings. The first-order chi connectivity index (χ1) is 11.6. The van der Waals surface area contributed by atoms with Crippen molar-refractivity contribution in [3.8, 4) is 0 Å². The lowest BCUT2D eigenvalue weighted by molar-refractivity contribution is -0.905. The second-order valence-corrected chi connectivity index (χ2v) is 9.78. The summed E-state index contributed by atoms with van der Waals surface area (Å²) in [6, 6.07) is 11.8. The van der Waals surface area contributed by atoms with Crippen molar-refractivity contribution >= 4 is 11.8 Å². The summed E-state index contributed by atoms with van der Waals surface area (Å²) < 4.78 is 8.18. The maximum absolute atomic E-state index is 7.04. The Morgan fingerprint density at radius 2 is 1.72 bits per heavy atom. The lowest BCUT2D eigenvalue weighted by atomic mass is 9.82. The van der Waals surface area contributed by atoms with Crippen LogP contribution in [0.1, 0.15) is 50.5 Å². The normalized spacial score (nSPS) is 35.4. The minimum atomic E-state index is -0.0884. The highest BCUT2D eigenvalue weighted by molar-refractivity contribution is 8.00. The molecule has 3 aliphatic rings. The highest BCUT2D eigenvalue weighted by Crippen LogP contribution is 2.55. The summed E-state index contributed by atoms with van der Waals surface area (Å²) in [4.78, 5) is -0.0884. The minimum absolute atomic E-state index is 0. The van der Waals surface area contributed by atoms with Crippen molar-refractivity contribution in [2.75, 3.05) is 26.4 Å². The van der Waals surface area contributed by atoms with Crippen LogP contribution in [0.4, 0.5) is 0 Å². The molecule has 1 saturated carbocycles. The van der Waals surface area contributed by atoms with E-state index in [0.717, 1.165) is 10.2 Å². The maximum Gasteiger partial charge on any atom is 0.142 e. The summed E-state index contributed by atoms with van der Waals surface area (Å²) in [6.45, 7) is 1.30. The monoisotopic (exact) mass is 473 g/mol. The molecule has 0 radical (unpaired) electrons. The van der Waals surface area contributed by atoms with Crippen LogP contribution in [-0.2, 0) is 9.67 Å². The summed E-state index contributed by atoms with van der Waals surface area (Å²) in [5.74, 6) is 1.85. The van der Waals surface area contributed by atoms with Crippen LogP contribution in [0.5, 0.6) is 0 Å². The van der Waals surface area contributed by atoms with Crippen molar-refractivity contribution in [3.63, 3.8) is 0 Å². The highest BCUT2D eigenvalue weighted by Gasteiger charge is 2.53. The molecule has 4 heteroatoms. The molecule has 1 aliphatic carbocycles. The van der Waals surface area contributed by atoms with Gasteiger partial charge >= 0.3 is 0 Å². The molecule has 140 valence electrons. The van der Waals surface area contributed by atoms with Crippen molar-refractivity contribution < 1.29 is 33.2 Å². The van der Waals surface area contributed by atoms with E-state index < -0.39 is 0 Å². The lowest BCUT2D eigenvalue weighted by Crippen LogP contribution is -3.00. The molecule has 1 aromatic rings. The number of hydrogen-bond acceptors (Lipinski definition) is 2. The van der Waals surface area contributed by atoms with Crippen LogP contribution < -0.4 is 24.0 Å². The van der Waals surface area contributed by atoms with Gasteiger partial charge in [0.25, 0.3) is 0 Å². The molecular weight excluding hydrogens is 441 g/mol. The second-order valence-electron chi connectivity index (χ2n) is 8.55. The molecule has 0 unspecified atom stereocenters. The number of halogens is 1. The van der Waals surface area contributed by atoms with Crippen LogP contribution in [0.15, 0.2) is 30.3 Å². The molecule has 2 nitrogen and oxygen atoms in total. The van der Waals surface area contributed by atoms with Crippen molar-refractivity contribution in [1.29, 1.82) is 0 Å². The molecule has 0 aromatic heterocycles. The lowest BCUT2D eigenvalue weighted by Gasteiger charge is -2.41. The first-order valence-corrected chi connectivity index (χ1v) is 10.8. The summed E-state index contributed by atoms with van der Waals surface area (Å²) in [5, 5.41) is 0. The average Bonchev–Trinajstić information content (AvgIpc) is 3.20. The molecule has 2 aliphatic heterocycles. The van der Waals surface area contributed by atoms with Gasteiger partial charge in [-0.3, -0.25) is 0 Å². The number of thioether (sulfide) groups is 1. The summed E-state index contributed by atoms with van der Waals surface area (Å²) in [6.07, 6.45) is 9.90. The van der Waals surface area contributed by atoms with Gasteiger partial charge in [-0.1, -0.05) is 49.6 Å². The van der Waals surface area contributed by atoms with Gasteiger partial charge in [-0.05, 0) is 18.4 Å². The van der Waals surface area contributed by atoms with Crippen LogP contribution in [-0.4, -0.2) is 43.0 Å². The first-order valence-electron chi connectivity index (χ1n) is 9.82. The Balaban J connectivity index is 0.00000182. The van der Waals surface area contributed by atoms with Crippen molar-refractivity contribution in [3.05, 3.63) is 35.9 Å². The van der Waals surface area contributed by atoms with E-state index in [2.05, 4.69) is 56.2 Å². The summed E-state index contributed by atoms with van der Waals surface area (Å²) >= 11 is 2.11. The highest BCUT2D eigenvalue weighted by atomic mass is 127. The van der Waals surface area contributed by atoms with Gasteiger partial charge in [0.05, 0.1) is 20.6 Å². The number of hydrogen-bond donors (Lipinski definition) is 0. The SMILES string of the molecule is C[N+]1(C)CCC[C@@H]1[C@@H]1CS[C@](c2ccccc2)(C2CCCCC2)O1.[I-]. The fourth-order valence-electron chi connectivity index (χ4n) is 5.30. The van der Waals surface area contributed by atoms with Crippen LogP contribution in [0.25, 0.3) is 0 Å². The number of ether oxygens (including phenoxy) is 1. The van der Waals surface area contributed by atoms with Gasteiger partial charge in [-0.15, -0.1) is 11.8 Å². The van der Waals surface area contributed by atoms with Crippen LogP contribution in [0.3, 0.4) is 0 Å². The Morgan fingerprint density at radius 1 is 1.00 bits per heavy atom. The molecule has 25 heavy (non-hydrogen) atoms. The van der Waals surface area contributed by atoms with E-state index in [0.29, 0.717) is 18.1 Å². The molecule has 0 amide bonds. The van der Waals surface area contributed by atoms with Crippen LogP contribution >= 0.6 is 11.8 Å². The van der Waals surface area contributed by atoms with Gasteiger partial charge in [0, 0.05) is 24.5 Å². The number of likely N-dealkylation sites (tertiary alicyclic amines) is 1. The average molecular weight is 473 g/mol. The third-order valence-corrected chi connectivity index (χ3v) is 8.26. The van der Waals surface area contributed by atoms with E-state index in [9.17, 15) is 0 Å². The van der Waals surface area contributed by atoms with E-state index in [4.69, 9.17) is 4.74 Å². The summed E-state index contributed by atoms with van der Waals surface area (Å²) in [7, 11) is 4.80. The van der Waals surface area contributed by atoms with Crippen LogP contribution in [0, 0.1) is 5.92 Å². The zero-order valence-corrected chi connectivity index (χ0v) is 18.6.